The SMILES string of the molecule is CCOC(=O)c1c(NC(=O)C#Cc2ccccc2)sc(C)c1C. The minimum atomic E-state index is -0.458. The van der Waals surface area contributed by atoms with Crippen molar-refractivity contribution >= 4 is 28.2 Å². The van der Waals surface area contributed by atoms with Gasteiger partial charge in [-0.15, -0.1) is 11.3 Å². The van der Waals surface area contributed by atoms with Crippen molar-refractivity contribution in [3.05, 3.63) is 51.9 Å². The first-order chi connectivity index (χ1) is 11.0. The molecule has 0 aliphatic carbocycles. The molecule has 0 unspecified atom stereocenters. The van der Waals surface area contributed by atoms with Gasteiger partial charge in [-0.3, -0.25) is 4.79 Å². The number of anilines is 1. The van der Waals surface area contributed by atoms with Crippen LogP contribution in [0.1, 0.15) is 33.3 Å². The fourth-order valence-electron chi connectivity index (χ4n) is 1.95. The van der Waals surface area contributed by atoms with Crippen molar-refractivity contribution in [1.82, 2.24) is 0 Å². The van der Waals surface area contributed by atoms with Crippen molar-refractivity contribution in [3.8, 4) is 11.8 Å². The number of hydrogen-bond acceptors (Lipinski definition) is 4. The first kappa shape index (κ1) is 16.8. The van der Waals surface area contributed by atoms with Gasteiger partial charge < -0.3 is 10.1 Å². The van der Waals surface area contributed by atoms with E-state index < -0.39 is 11.9 Å². The lowest BCUT2D eigenvalue weighted by atomic mass is 10.1. The Morgan fingerprint density at radius 3 is 2.57 bits per heavy atom. The molecule has 0 atom stereocenters. The predicted octanol–water partition coefficient (Wildman–Crippen LogP) is 3.53. The summed E-state index contributed by atoms with van der Waals surface area (Å²) in [6.45, 7) is 5.77. The summed E-state index contributed by atoms with van der Waals surface area (Å²) in [6.07, 6.45) is 0. The summed E-state index contributed by atoms with van der Waals surface area (Å²) < 4.78 is 5.05. The fraction of sp³-hybridized carbons (Fsp3) is 0.222. The minimum Gasteiger partial charge on any atom is -0.462 e. The molecule has 0 radical (unpaired) electrons. The van der Waals surface area contributed by atoms with E-state index in [1.54, 1.807) is 6.92 Å². The van der Waals surface area contributed by atoms with Gasteiger partial charge in [0.2, 0.25) is 0 Å². The van der Waals surface area contributed by atoms with Gasteiger partial charge in [-0.05, 0) is 38.5 Å². The number of benzene rings is 1. The van der Waals surface area contributed by atoms with Gasteiger partial charge in [-0.25, -0.2) is 4.79 Å². The third-order valence-electron chi connectivity index (χ3n) is 3.19. The number of carbonyl (C=O) groups excluding carboxylic acids is 2. The molecule has 1 aromatic heterocycles. The largest absolute Gasteiger partial charge is 0.462 e. The maximum absolute atomic E-state index is 12.1. The summed E-state index contributed by atoms with van der Waals surface area (Å²) in [4.78, 5) is 25.0. The topological polar surface area (TPSA) is 55.4 Å². The minimum absolute atomic E-state index is 0.286. The van der Waals surface area contributed by atoms with Crippen molar-refractivity contribution in [2.45, 2.75) is 20.8 Å². The Bertz CT molecular complexity index is 782. The van der Waals surface area contributed by atoms with Gasteiger partial charge in [0.05, 0.1) is 12.2 Å². The van der Waals surface area contributed by atoms with Gasteiger partial charge in [0.1, 0.15) is 5.00 Å². The van der Waals surface area contributed by atoms with Crippen LogP contribution < -0.4 is 5.32 Å². The second-order valence-electron chi connectivity index (χ2n) is 4.78. The Morgan fingerprint density at radius 2 is 1.91 bits per heavy atom. The average molecular weight is 327 g/mol. The molecule has 118 valence electrons. The van der Waals surface area contributed by atoms with Crippen LogP contribution in [0.2, 0.25) is 0 Å². The number of hydrogen-bond donors (Lipinski definition) is 1. The number of ether oxygens (including phenoxy) is 1. The normalized spacial score (nSPS) is 9.70. The Kier molecular flexibility index (Phi) is 5.56. The smallest absolute Gasteiger partial charge is 0.341 e. The summed E-state index contributed by atoms with van der Waals surface area (Å²) in [5, 5.41) is 3.16. The summed E-state index contributed by atoms with van der Waals surface area (Å²) in [5.74, 6) is 4.43. The van der Waals surface area contributed by atoms with E-state index in [4.69, 9.17) is 4.74 Å². The lowest BCUT2D eigenvalue weighted by molar-refractivity contribution is -0.111. The lowest BCUT2D eigenvalue weighted by Gasteiger charge is -2.04. The molecule has 4 nitrogen and oxygen atoms in total. The second-order valence-corrected chi connectivity index (χ2v) is 6.00. The highest BCUT2D eigenvalue weighted by Crippen LogP contribution is 2.32. The third-order valence-corrected chi connectivity index (χ3v) is 4.31. The van der Waals surface area contributed by atoms with E-state index in [0.29, 0.717) is 10.6 Å². The van der Waals surface area contributed by atoms with Crippen LogP contribution in [0.3, 0.4) is 0 Å². The van der Waals surface area contributed by atoms with Crippen LogP contribution in [0.4, 0.5) is 5.00 Å². The zero-order chi connectivity index (χ0) is 16.8. The molecule has 1 amide bonds. The molecule has 2 rings (SSSR count). The molecule has 1 N–H and O–H groups in total. The quantitative estimate of drug-likeness (QED) is 0.693. The van der Waals surface area contributed by atoms with E-state index in [-0.39, 0.29) is 6.61 Å². The highest BCUT2D eigenvalue weighted by atomic mass is 32.1. The van der Waals surface area contributed by atoms with Gasteiger partial charge in [0.15, 0.2) is 0 Å². The molecule has 0 aliphatic rings. The number of rotatable bonds is 3. The number of aryl methyl sites for hydroxylation is 1. The van der Waals surface area contributed by atoms with Gasteiger partial charge in [0, 0.05) is 16.4 Å². The van der Waals surface area contributed by atoms with Gasteiger partial charge in [-0.1, -0.05) is 24.1 Å². The standard InChI is InChI=1S/C18H17NO3S/c1-4-22-18(21)16-12(2)13(3)23-17(16)19-15(20)11-10-14-8-6-5-7-9-14/h5-9H,4H2,1-3H3,(H,19,20). The fourth-order valence-corrected chi connectivity index (χ4v) is 2.99. The first-order valence-corrected chi connectivity index (χ1v) is 7.99. The molecule has 23 heavy (non-hydrogen) atoms. The van der Waals surface area contributed by atoms with Crippen LogP contribution in [-0.4, -0.2) is 18.5 Å². The predicted molar refractivity (Wildman–Crippen MR) is 91.7 cm³/mol. The van der Waals surface area contributed by atoms with Gasteiger partial charge in [-0.2, -0.15) is 0 Å². The zero-order valence-corrected chi connectivity index (χ0v) is 14.0. The number of thiophene rings is 1. The first-order valence-electron chi connectivity index (χ1n) is 7.18. The van der Waals surface area contributed by atoms with Crippen LogP contribution >= 0.6 is 11.3 Å². The number of carbonyl (C=O) groups is 2. The van der Waals surface area contributed by atoms with Gasteiger partial charge in [0.25, 0.3) is 0 Å². The second kappa shape index (κ2) is 7.61. The third kappa shape index (κ3) is 4.21. The maximum atomic E-state index is 12.1. The molecule has 0 saturated carbocycles. The molecule has 0 saturated heterocycles. The molecule has 1 heterocycles. The van der Waals surface area contributed by atoms with Crippen LogP contribution in [0, 0.1) is 25.7 Å². The molecule has 5 heteroatoms. The maximum Gasteiger partial charge on any atom is 0.341 e. The highest BCUT2D eigenvalue weighted by Gasteiger charge is 2.21. The number of esters is 1. The molecule has 2 aromatic rings. The summed E-state index contributed by atoms with van der Waals surface area (Å²) in [5.41, 5.74) is 1.98. The van der Waals surface area contributed by atoms with Crippen molar-refractivity contribution in [1.29, 1.82) is 0 Å². The van der Waals surface area contributed by atoms with Crippen LogP contribution in [0.5, 0.6) is 0 Å². The van der Waals surface area contributed by atoms with E-state index in [0.717, 1.165) is 16.0 Å². The Morgan fingerprint density at radius 1 is 1.22 bits per heavy atom. The van der Waals surface area contributed by atoms with Crippen molar-refractivity contribution in [2.75, 3.05) is 11.9 Å². The molecule has 0 bridgehead atoms. The summed E-state index contributed by atoms with van der Waals surface area (Å²) in [7, 11) is 0. The summed E-state index contributed by atoms with van der Waals surface area (Å²) in [6, 6.07) is 9.24. The zero-order valence-electron chi connectivity index (χ0n) is 13.2. The Balaban J connectivity index is 2.20. The average Bonchev–Trinajstić information content (AvgIpc) is 2.81. The highest BCUT2D eigenvalue weighted by molar-refractivity contribution is 7.16. The molecule has 0 fully saturated rings. The van der Waals surface area contributed by atoms with Crippen LogP contribution in [0.25, 0.3) is 0 Å². The molecule has 1 aromatic carbocycles. The molecule has 0 spiro atoms. The van der Waals surface area contributed by atoms with E-state index in [9.17, 15) is 9.59 Å². The Hall–Kier alpha value is -2.58. The monoisotopic (exact) mass is 327 g/mol. The Labute approximate surface area is 139 Å². The van der Waals surface area contributed by atoms with Crippen molar-refractivity contribution < 1.29 is 14.3 Å². The summed E-state index contributed by atoms with van der Waals surface area (Å²) >= 11 is 1.34. The van der Waals surface area contributed by atoms with Crippen molar-refractivity contribution in [3.63, 3.8) is 0 Å². The van der Waals surface area contributed by atoms with E-state index >= 15 is 0 Å². The van der Waals surface area contributed by atoms with Crippen LogP contribution in [-0.2, 0) is 9.53 Å². The number of amides is 1. The van der Waals surface area contributed by atoms with Crippen LogP contribution in [0.15, 0.2) is 30.3 Å². The molecule has 0 aliphatic heterocycles. The van der Waals surface area contributed by atoms with E-state index in [1.807, 2.05) is 44.2 Å². The molecular formula is C18H17NO3S. The molecular weight excluding hydrogens is 310 g/mol. The van der Waals surface area contributed by atoms with E-state index in [2.05, 4.69) is 17.2 Å². The number of nitrogens with one attached hydrogen (secondary N) is 1. The van der Waals surface area contributed by atoms with Crippen molar-refractivity contribution in [2.24, 2.45) is 0 Å². The van der Waals surface area contributed by atoms with E-state index in [1.165, 1.54) is 11.3 Å². The lowest BCUT2D eigenvalue weighted by Crippen LogP contribution is -2.13. The van der Waals surface area contributed by atoms with Gasteiger partial charge >= 0.3 is 11.9 Å².